The largest absolute Gasteiger partial charge is 0.354 e. The fraction of sp³-hybridized carbons (Fsp3) is 0.567. The summed E-state index contributed by atoms with van der Waals surface area (Å²) in [4.78, 5) is 32.4. The zero-order valence-corrected chi connectivity index (χ0v) is 24.5. The number of rotatable bonds is 13. The molecule has 3 N–H and O–H groups in total. The number of nitrogens with one attached hydrogen (secondary N) is 3. The van der Waals surface area contributed by atoms with Crippen LogP contribution < -0.4 is 10.6 Å². The van der Waals surface area contributed by atoms with Gasteiger partial charge in [-0.1, -0.05) is 39.5 Å². The van der Waals surface area contributed by atoms with Gasteiger partial charge in [-0.15, -0.1) is 0 Å². The van der Waals surface area contributed by atoms with E-state index in [-0.39, 0.29) is 18.3 Å². The van der Waals surface area contributed by atoms with Gasteiger partial charge in [-0.3, -0.25) is 14.6 Å². The highest BCUT2D eigenvalue weighted by Gasteiger charge is 2.30. The van der Waals surface area contributed by atoms with Crippen LogP contribution in [0, 0.1) is 5.92 Å². The monoisotopic (exact) mass is 550 g/mol. The first-order valence-corrected chi connectivity index (χ1v) is 14.6. The quantitative estimate of drug-likeness (QED) is 0.258. The molecule has 2 aliphatic rings. The summed E-state index contributed by atoms with van der Waals surface area (Å²) in [5.74, 6) is 1.01. The molecule has 1 amide bonds. The lowest BCUT2D eigenvalue weighted by molar-refractivity contribution is -0.143. The van der Waals surface area contributed by atoms with Gasteiger partial charge >= 0.3 is 0 Å². The van der Waals surface area contributed by atoms with Crippen molar-refractivity contribution < 1.29 is 9.53 Å². The molecule has 1 saturated heterocycles. The van der Waals surface area contributed by atoms with Crippen LogP contribution in [0.5, 0.6) is 0 Å². The fourth-order valence-corrected chi connectivity index (χ4v) is 5.66. The van der Waals surface area contributed by atoms with E-state index in [2.05, 4.69) is 69.9 Å². The van der Waals surface area contributed by atoms with Crippen molar-refractivity contribution in [2.24, 2.45) is 5.92 Å². The van der Waals surface area contributed by atoms with Crippen LogP contribution in [0.15, 0.2) is 37.1 Å². The van der Waals surface area contributed by atoms with E-state index in [0.29, 0.717) is 43.6 Å². The number of ether oxygens (including phenoxy) is 1. The summed E-state index contributed by atoms with van der Waals surface area (Å²) in [5.41, 5.74) is 3.51. The molecule has 10 nitrogen and oxygen atoms in total. The van der Waals surface area contributed by atoms with Gasteiger partial charge in [0.25, 0.3) is 5.91 Å². The molecule has 3 atom stereocenters. The van der Waals surface area contributed by atoms with Gasteiger partial charge in [0.1, 0.15) is 5.69 Å². The zero-order chi connectivity index (χ0) is 28.5. The second kappa shape index (κ2) is 14.5. The molecule has 10 heteroatoms. The Labute approximate surface area is 238 Å². The number of aromatic amines is 1. The molecule has 4 rings (SSSR count). The Balaban J connectivity index is 1.32. The highest BCUT2D eigenvalue weighted by atomic mass is 16.5. The number of methoxy groups -OCH3 is 1. The summed E-state index contributed by atoms with van der Waals surface area (Å²) in [6.45, 7) is 16.8. The van der Waals surface area contributed by atoms with Gasteiger partial charge in [0.2, 0.25) is 5.95 Å². The summed E-state index contributed by atoms with van der Waals surface area (Å²) < 4.78 is 5.83. The number of amides is 1. The van der Waals surface area contributed by atoms with Crippen molar-refractivity contribution in [3.05, 3.63) is 59.7 Å². The van der Waals surface area contributed by atoms with Crippen molar-refractivity contribution >= 4 is 17.9 Å². The van der Waals surface area contributed by atoms with E-state index in [9.17, 15) is 4.79 Å². The van der Waals surface area contributed by atoms with Gasteiger partial charge in [0.15, 0.2) is 6.35 Å². The lowest BCUT2D eigenvalue weighted by Gasteiger charge is -2.42. The van der Waals surface area contributed by atoms with Crippen molar-refractivity contribution in [1.82, 2.24) is 35.0 Å². The van der Waals surface area contributed by atoms with Crippen LogP contribution in [0.25, 0.3) is 6.08 Å². The molecule has 0 spiro atoms. The third-order valence-corrected chi connectivity index (χ3v) is 7.82. The molecule has 3 unspecified atom stereocenters. The Morgan fingerprint density at radius 1 is 1.32 bits per heavy atom. The number of hydrogen-bond acceptors (Lipinski definition) is 8. The lowest BCUT2D eigenvalue weighted by atomic mass is 9.95. The van der Waals surface area contributed by atoms with E-state index in [0.717, 1.165) is 56.1 Å². The topological polar surface area (TPSA) is 102 Å². The number of carbonyl (C=O) groups is 1. The number of carbonyl (C=O) groups excluding carboxylic acids is 1. The number of H-pyrrole nitrogens is 1. The first-order valence-electron chi connectivity index (χ1n) is 14.6. The first kappa shape index (κ1) is 29.9. The number of aromatic nitrogens is 3. The zero-order valence-electron chi connectivity index (χ0n) is 24.5. The van der Waals surface area contributed by atoms with Gasteiger partial charge in [0, 0.05) is 64.8 Å². The average molecular weight is 551 g/mol. The molecule has 0 radical (unpaired) electrons. The number of nitrogens with zero attached hydrogens (tertiary/aromatic N) is 5. The second-order valence-corrected chi connectivity index (χ2v) is 10.5. The van der Waals surface area contributed by atoms with Crippen molar-refractivity contribution in [3.8, 4) is 0 Å². The van der Waals surface area contributed by atoms with Crippen LogP contribution in [-0.4, -0.2) is 101 Å². The van der Waals surface area contributed by atoms with E-state index >= 15 is 0 Å². The van der Waals surface area contributed by atoms with Crippen LogP contribution in [0.3, 0.4) is 0 Å². The number of piperazine rings is 1. The average Bonchev–Trinajstić information content (AvgIpc) is 3.40. The smallest absolute Gasteiger partial charge is 0.270 e. The van der Waals surface area contributed by atoms with E-state index in [1.165, 1.54) is 0 Å². The molecular formula is C30H46N8O2. The molecule has 2 aromatic heterocycles. The van der Waals surface area contributed by atoms with E-state index in [4.69, 9.17) is 9.72 Å². The summed E-state index contributed by atoms with van der Waals surface area (Å²) in [5, 5.41) is 6.86. The van der Waals surface area contributed by atoms with Gasteiger partial charge in [0.05, 0.1) is 11.7 Å². The number of anilines is 1. The Kier molecular flexibility index (Phi) is 10.9. The van der Waals surface area contributed by atoms with E-state index < -0.39 is 0 Å². The van der Waals surface area contributed by atoms with Crippen LogP contribution in [-0.2, 0) is 11.2 Å². The molecule has 2 aliphatic heterocycles. The van der Waals surface area contributed by atoms with Gasteiger partial charge in [-0.2, -0.15) is 0 Å². The Morgan fingerprint density at radius 2 is 2.12 bits per heavy atom. The van der Waals surface area contributed by atoms with Crippen molar-refractivity contribution in [1.29, 1.82) is 0 Å². The first-order chi connectivity index (χ1) is 19.5. The maximum absolute atomic E-state index is 13.4. The van der Waals surface area contributed by atoms with Gasteiger partial charge < -0.3 is 25.3 Å². The molecule has 1 fully saturated rings. The lowest BCUT2D eigenvalue weighted by Crippen LogP contribution is -2.57. The molecular weight excluding hydrogens is 504 g/mol. The molecule has 0 aromatic carbocycles. The van der Waals surface area contributed by atoms with Gasteiger partial charge in [-0.25, -0.2) is 9.97 Å². The molecule has 218 valence electrons. The normalized spacial score (nSPS) is 20.6. The summed E-state index contributed by atoms with van der Waals surface area (Å²) in [7, 11) is 1.77. The van der Waals surface area contributed by atoms with Crippen molar-refractivity contribution in [3.63, 3.8) is 0 Å². The molecule has 0 aliphatic carbocycles. The summed E-state index contributed by atoms with van der Waals surface area (Å²) >= 11 is 0. The molecule has 2 aromatic rings. The van der Waals surface area contributed by atoms with E-state index in [1.807, 2.05) is 17.0 Å². The minimum absolute atomic E-state index is 0.0241. The predicted octanol–water partition coefficient (Wildman–Crippen LogP) is 3.36. The minimum Gasteiger partial charge on any atom is -0.354 e. The Morgan fingerprint density at radius 3 is 2.80 bits per heavy atom. The standard InChI is InChI=1S/C30H46N8O2/c1-6-16-36(8-3)30(40-5)38-19-17-37(18-20-38)28(39)26-21-23(24(7-2)34-26)11-14-32-29-33-15-12-25(35-29)27-22(4)10-9-13-31-27/h7,9-10,12,15,21-22,27,30-31,34H,2,6,8,11,13-14,16-20H2,1,3-5H3,(H,32,33,35). The van der Waals surface area contributed by atoms with Crippen molar-refractivity contribution in [2.45, 2.75) is 46.0 Å². The van der Waals surface area contributed by atoms with Crippen LogP contribution in [0.1, 0.15) is 60.7 Å². The Hall–Kier alpha value is -3.05. The molecule has 0 bridgehead atoms. The Bertz CT molecular complexity index is 1140. The second-order valence-electron chi connectivity index (χ2n) is 10.5. The fourth-order valence-electron chi connectivity index (χ4n) is 5.66. The molecule has 40 heavy (non-hydrogen) atoms. The maximum atomic E-state index is 13.4. The van der Waals surface area contributed by atoms with Crippen LogP contribution in [0.2, 0.25) is 0 Å². The summed E-state index contributed by atoms with van der Waals surface area (Å²) in [6, 6.07) is 4.12. The minimum atomic E-state index is -0.0528. The molecule has 0 saturated carbocycles. The third-order valence-electron chi connectivity index (χ3n) is 7.82. The predicted molar refractivity (Wildman–Crippen MR) is 160 cm³/mol. The SMILES string of the molecule is C=Cc1[nH]c(C(=O)N2CCN(C(OC)N(CC)CCC)CC2)cc1CCNc1nccc(C2NCC=CC2C)n1. The van der Waals surface area contributed by atoms with Gasteiger partial charge in [-0.05, 0) is 49.1 Å². The maximum Gasteiger partial charge on any atom is 0.270 e. The highest BCUT2D eigenvalue weighted by Crippen LogP contribution is 2.24. The van der Waals surface area contributed by atoms with Crippen LogP contribution in [0.4, 0.5) is 5.95 Å². The number of hydrogen-bond donors (Lipinski definition) is 3. The third kappa shape index (κ3) is 7.17. The van der Waals surface area contributed by atoms with Crippen LogP contribution >= 0.6 is 0 Å². The van der Waals surface area contributed by atoms with E-state index in [1.54, 1.807) is 19.4 Å². The summed E-state index contributed by atoms with van der Waals surface area (Å²) in [6.07, 6.45) is 9.70. The highest BCUT2D eigenvalue weighted by molar-refractivity contribution is 5.93. The molecule has 4 heterocycles. The van der Waals surface area contributed by atoms with Crippen molar-refractivity contribution in [2.75, 3.05) is 64.8 Å².